The Morgan fingerprint density at radius 2 is 0.930 bits per heavy atom. The molecule has 0 N–H and O–H groups in total. The second-order valence-corrected chi connectivity index (χ2v) is 13.7. The van der Waals surface area contributed by atoms with Gasteiger partial charge >= 0.3 is 0 Å². The first kappa shape index (κ1) is 37.4. The van der Waals surface area contributed by atoms with Gasteiger partial charge in [0.1, 0.15) is 113 Å². The van der Waals surface area contributed by atoms with Crippen molar-refractivity contribution in [2.45, 2.75) is 0 Å². The molecule has 3 heterocycles. The molecule has 0 saturated heterocycles. The summed E-state index contributed by atoms with van der Waals surface area (Å²) >= 11 is 0. The van der Waals surface area contributed by atoms with Gasteiger partial charge in [-0.15, -0.1) is 38.2 Å². The summed E-state index contributed by atoms with van der Waals surface area (Å²) in [4.78, 5) is 14.7. The van der Waals surface area contributed by atoms with Crippen LogP contribution in [0.2, 0.25) is 0 Å². The number of fused-ring (bicyclic) bond motifs is 6. The molecule has 0 unspecified atom stereocenters. The number of rotatable bonds is 4. The minimum Gasteiger partial charge on any atom is -0.456 e. The summed E-state index contributed by atoms with van der Waals surface area (Å²) in [6.45, 7) is 0. The van der Waals surface area contributed by atoms with Crippen LogP contribution in [-0.2, 0) is 0 Å². The number of benzene rings is 6. The van der Waals surface area contributed by atoms with Crippen LogP contribution in [0.3, 0.4) is 0 Å². The summed E-state index contributed by atoms with van der Waals surface area (Å²) in [5.74, 6) is 0.0251. The summed E-state index contributed by atoms with van der Waals surface area (Å²) in [5, 5.41) is 2.37. The monoisotopic (exact) mass is 694 g/mol. The van der Waals surface area contributed by atoms with Crippen molar-refractivity contribution in [2.24, 2.45) is 0 Å². The van der Waals surface area contributed by atoms with E-state index in [4.69, 9.17) is 121 Å². The number of hydrogen-bond acceptors (Lipinski definition) is 4. The lowest BCUT2D eigenvalue weighted by Gasteiger charge is -2.21. The minimum absolute atomic E-state index is 0.00323. The van der Waals surface area contributed by atoms with Crippen LogP contribution in [0, 0.1) is 0 Å². The van der Waals surface area contributed by atoms with Crippen LogP contribution in [-0.4, -0.2) is 122 Å². The molecule has 0 aliphatic carbocycles. The Morgan fingerprint density at radius 3 is 1.53 bits per heavy atom. The molecule has 5 nitrogen and oxygen atoms in total. The van der Waals surface area contributed by atoms with Crippen molar-refractivity contribution < 1.29 is 4.42 Å². The predicted molar refractivity (Wildman–Crippen MR) is 248 cm³/mol. The highest BCUT2D eigenvalue weighted by Gasteiger charge is 2.26. The van der Waals surface area contributed by atoms with Gasteiger partial charge in [0.25, 0.3) is 0 Å². The average Bonchev–Trinajstić information content (AvgIpc) is 3.79. The number of furan rings is 1. The maximum atomic E-state index is 6.73. The third kappa shape index (κ3) is 5.38. The van der Waals surface area contributed by atoms with Gasteiger partial charge in [0.05, 0.1) is 0 Å². The first-order valence-electron chi connectivity index (χ1n) is 17.3. The van der Waals surface area contributed by atoms with Gasteiger partial charge in [-0.25, -0.2) is 4.98 Å². The summed E-state index contributed by atoms with van der Waals surface area (Å²) in [6.07, 6.45) is 0. The van der Waals surface area contributed by atoms with E-state index in [1.807, 2.05) is 66.7 Å². The Morgan fingerprint density at radius 1 is 0.404 bits per heavy atom. The van der Waals surface area contributed by atoms with Gasteiger partial charge in [-0.3, -0.25) is 4.57 Å². The third-order valence-electron chi connectivity index (χ3n) is 10.5. The molecule has 9 rings (SSSR count). The number of hydrogen-bond donors (Lipinski definition) is 0. The van der Waals surface area contributed by atoms with E-state index < -0.39 is 0 Å². The lowest BCUT2D eigenvalue weighted by Crippen LogP contribution is -2.55. The highest BCUT2D eigenvalue weighted by atomic mass is 16.3. The Hall–Kier alpha value is -5.23. The van der Waals surface area contributed by atoms with Gasteiger partial charge in [-0.2, -0.15) is 9.97 Å². The fourth-order valence-electron chi connectivity index (χ4n) is 7.53. The van der Waals surface area contributed by atoms with E-state index in [1.54, 1.807) is 0 Å². The van der Waals surface area contributed by atoms with Crippen molar-refractivity contribution in [2.75, 3.05) is 0 Å². The molecule has 3 aromatic heterocycles. The Kier molecular flexibility index (Phi) is 8.80. The first-order chi connectivity index (χ1) is 27.2. The Bertz CT molecular complexity index is 3130. The van der Waals surface area contributed by atoms with Gasteiger partial charge < -0.3 is 4.42 Å². The van der Waals surface area contributed by atoms with E-state index >= 15 is 0 Å². The van der Waals surface area contributed by atoms with Gasteiger partial charge in [0.15, 0.2) is 11.6 Å². The molecule has 0 aliphatic rings. The summed E-state index contributed by atoms with van der Waals surface area (Å²) in [7, 11) is 84.2. The molecule has 0 fully saturated rings. The van der Waals surface area contributed by atoms with Crippen molar-refractivity contribution in [3.8, 4) is 39.9 Å². The largest absolute Gasteiger partial charge is 0.456 e. The van der Waals surface area contributed by atoms with Crippen molar-refractivity contribution in [1.29, 1.82) is 0 Å². The molecule has 6 aromatic carbocycles. The zero-order chi connectivity index (χ0) is 40.3. The predicted octanol–water partition coefficient (Wildman–Crippen LogP) is -5.81. The lowest BCUT2D eigenvalue weighted by molar-refractivity contribution is 0.669. The molecule has 18 heteroatoms. The maximum absolute atomic E-state index is 6.73. The van der Waals surface area contributed by atoms with Gasteiger partial charge in [0.2, 0.25) is 5.95 Å². The maximum Gasteiger partial charge on any atom is 0.238 e. The van der Waals surface area contributed by atoms with E-state index in [2.05, 4.69) is 0 Å². The van der Waals surface area contributed by atoms with Crippen LogP contribution in [0.4, 0.5) is 0 Å². The van der Waals surface area contributed by atoms with Crippen molar-refractivity contribution in [1.82, 2.24) is 19.5 Å². The van der Waals surface area contributed by atoms with E-state index in [0.29, 0.717) is 16.7 Å². The van der Waals surface area contributed by atoms with E-state index in [1.165, 1.54) is 4.57 Å². The number of nitrogens with zero attached hydrogens (tertiary/aromatic N) is 4. The second-order valence-electron chi connectivity index (χ2n) is 13.7. The smallest absolute Gasteiger partial charge is 0.238 e. The molecule has 0 atom stereocenters. The average molecular weight is 692 g/mol. The number of aromatic nitrogens is 4. The van der Waals surface area contributed by atoms with Crippen LogP contribution < -0.4 is 71.0 Å². The SMILES string of the molecule is [B]c1c([B])c([B])c(-c2nc(-c3ccc4c(c3)oc3cccc(-c5ccccc5)c34)nc(-n3c4c([B])c([B])c([B])c([B])c4c4c([B])c([B])c([B])c([B])c43)n2)c([B])c1[B]. The molecule has 26 radical (unpaired) electrons. The highest BCUT2D eigenvalue weighted by Crippen LogP contribution is 2.38. The molecule has 57 heavy (non-hydrogen) atoms. The zero-order valence-electron chi connectivity index (χ0n) is 30.1. The van der Waals surface area contributed by atoms with Crippen LogP contribution >= 0.6 is 0 Å². The topological polar surface area (TPSA) is 56.7 Å². The normalized spacial score (nSPS) is 11.7. The van der Waals surface area contributed by atoms with E-state index in [0.717, 1.165) is 21.9 Å². The van der Waals surface area contributed by atoms with Crippen LogP contribution in [0.25, 0.3) is 83.6 Å². The Labute approximate surface area is 345 Å². The molecule has 0 amide bonds. The van der Waals surface area contributed by atoms with Gasteiger partial charge in [-0.05, 0) is 40.1 Å². The molecule has 0 aliphatic heterocycles. The molecule has 0 spiro atoms. The first-order valence-corrected chi connectivity index (χ1v) is 17.3. The highest BCUT2D eigenvalue weighted by molar-refractivity contribution is 6.72. The van der Waals surface area contributed by atoms with Crippen molar-refractivity contribution in [3.05, 3.63) is 66.7 Å². The Balaban J connectivity index is 1.41. The van der Waals surface area contributed by atoms with Gasteiger partial charge in [0, 0.05) is 32.9 Å². The third-order valence-corrected chi connectivity index (χ3v) is 10.5. The van der Waals surface area contributed by atoms with E-state index in [-0.39, 0.29) is 116 Å². The van der Waals surface area contributed by atoms with Crippen molar-refractivity contribution in [3.63, 3.8) is 0 Å². The quantitative estimate of drug-likeness (QED) is 0.173. The fraction of sp³-hybridized carbons (Fsp3) is 0. The standard InChI is InChI=1S/C39H11B13N4O/c40-22-19-20-23(41)27(45)32(50)34(52)36(20)56(35(19)33(51)31(49)26(22)44)39-54-37(53-38(55-39)21-24(42)28(46)30(48)29(47)25(21)43)13-9-10-15-17(11-13)57-16-8-4-7-14(18(15)16)12-5-2-1-3-6-12/h1-11H. The van der Waals surface area contributed by atoms with Crippen molar-refractivity contribution >= 4 is 217 Å². The van der Waals surface area contributed by atoms with Crippen LogP contribution in [0.1, 0.15) is 0 Å². The molecular weight excluding hydrogens is 681 g/mol. The van der Waals surface area contributed by atoms with Crippen LogP contribution in [0.5, 0.6) is 0 Å². The molecule has 232 valence electrons. The molecule has 0 saturated carbocycles. The zero-order valence-corrected chi connectivity index (χ0v) is 30.1. The summed E-state index contributed by atoms with van der Waals surface area (Å²) in [5.41, 5.74) is 4.42. The van der Waals surface area contributed by atoms with E-state index in [9.17, 15) is 0 Å². The van der Waals surface area contributed by atoms with Crippen LogP contribution in [0.15, 0.2) is 71.1 Å². The molecule has 9 aromatic rings. The summed E-state index contributed by atoms with van der Waals surface area (Å²) < 4.78 is 7.93. The molecule has 0 bridgehead atoms. The summed E-state index contributed by atoms with van der Waals surface area (Å²) in [6, 6.07) is 21.5. The molecular formula is C39H11B13N4O. The van der Waals surface area contributed by atoms with Gasteiger partial charge in [-0.1, -0.05) is 81.3 Å². The fourth-order valence-corrected chi connectivity index (χ4v) is 7.53. The lowest BCUT2D eigenvalue weighted by atomic mass is 9.60. The second kappa shape index (κ2) is 13.4. The minimum atomic E-state index is -0.0654.